The lowest BCUT2D eigenvalue weighted by Gasteiger charge is -2.25. The fourth-order valence-electron chi connectivity index (χ4n) is 5.23. The van der Waals surface area contributed by atoms with E-state index in [-0.39, 0.29) is 48.1 Å². The predicted molar refractivity (Wildman–Crippen MR) is 156 cm³/mol. The highest BCUT2D eigenvalue weighted by molar-refractivity contribution is 6.11. The van der Waals surface area contributed by atoms with Gasteiger partial charge in [-0.2, -0.15) is 0 Å². The van der Waals surface area contributed by atoms with Gasteiger partial charge in [-0.05, 0) is 56.4 Å². The van der Waals surface area contributed by atoms with Gasteiger partial charge in [0.2, 0.25) is 17.8 Å². The number of carbonyl (C=O) groups is 5. The Balaban J connectivity index is 1.39. The van der Waals surface area contributed by atoms with E-state index in [1.807, 2.05) is 0 Å². The molecule has 0 saturated carbocycles. The number of pyridine rings is 1. The standard InChI is InChI=1S/C30H35N7O6/c1-35(2)27(40)23-11-9-19(16-31-23)26(39)34-30(32-21-10-8-20-18-43-29(42)22(20)15-21)33-24-7-3-4-14-37(28(24)41)17-25(38)36-12-5-6-13-36/h8-11,15-16,24H,3-7,12-14,17-18H2,1-2H3,(H2,32,33,34,39)/t24-/m0/s1. The van der Waals surface area contributed by atoms with Gasteiger partial charge in [0.25, 0.3) is 11.8 Å². The van der Waals surface area contributed by atoms with Gasteiger partial charge in [0, 0.05) is 51.2 Å². The van der Waals surface area contributed by atoms with Crippen molar-refractivity contribution in [3.63, 3.8) is 0 Å². The molecule has 226 valence electrons. The summed E-state index contributed by atoms with van der Waals surface area (Å²) in [6.07, 6.45) is 5.10. The van der Waals surface area contributed by atoms with Gasteiger partial charge in [-0.3, -0.25) is 29.5 Å². The first-order valence-corrected chi connectivity index (χ1v) is 14.4. The molecule has 13 heteroatoms. The van der Waals surface area contributed by atoms with E-state index in [1.165, 1.54) is 23.2 Å². The van der Waals surface area contributed by atoms with Crippen LogP contribution in [0.2, 0.25) is 0 Å². The molecule has 0 unspecified atom stereocenters. The summed E-state index contributed by atoms with van der Waals surface area (Å²) >= 11 is 0. The van der Waals surface area contributed by atoms with Gasteiger partial charge in [-0.25, -0.2) is 9.79 Å². The molecular formula is C30H35N7O6. The van der Waals surface area contributed by atoms with E-state index in [4.69, 9.17) is 4.74 Å². The number of rotatable bonds is 6. The summed E-state index contributed by atoms with van der Waals surface area (Å²) in [6.45, 7) is 2.05. The van der Waals surface area contributed by atoms with Crippen molar-refractivity contribution < 1.29 is 28.7 Å². The minimum absolute atomic E-state index is 0.00338. The number of esters is 1. The Bertz CT molecular complexity index is 1450. The van der Waals surface area contributed by atoms with E-state index in [0.717, 1.165) is 24.8 Å². The number of anilines is 1. The topological polar surface area (TPSA) is 154 Å². The van der Waals surface area contributed by atoms with Crippen LogP contribution in [0.15, 0.2) is 41.5 Å². The molecule has 4 amide bonds. The summed E-state index contributed by atoms with van der Waals surface area (Å²) in [5.74, 6) is -1.68. The van der Waals surface area contributed by atoms with Gasteiger partial charge < -0.3 is 24.8 Å². The highest BCUT2D eigenvalue weighted by Gasteiger charge is 2.31. The van der Waals surface area contributed by atoms with Crippen molar-refractivity contribution in [3.05, 3.63) is 58.9 Å². The predicted octanol–water partition coefficient (Wildman–Crippen LogP) is 1.66. The molecule has 13 nitrogen and oxygen atoms in total. The lowest BCUT2D eigenvalue weighted by molar-refractivity contribution is -0.140. The molecule has 5 rings (SSSR count). The number of guanidine groups is 1. The van der Waals surface area contributed by atoms with Crippen LogP contribution in [0, 0.1) is 0 Å². The lowest BCUT2D eigenvalue weighted by Crippen LogP contribution is -2.45. The fourth-order valence-corrected chi connectivity index (χ4v) is 5.23. The average molecular weight is 590 g/mol. The number of likely N-dealkylation sites (tertiary alicyclic amines) is 2. The number of carbonyl (C=O) groups excluding carboxylic acids is 5. The SMILES string of the molecule is CN(C)C(=O)c1ccc(C(=O)NC(=N[C@H]2CCCCN(CC(=O)N3CCCC3)C2=O)Nc2ccc3c(c2)C(=O)OC3)cn1. The zero-order valence-electron chi connectivity index (χ0n) is 24.3. The monoisotopic (exact) mass is 589 g/mol. The Morgan fingerprint density at radius 1 is 1.05 bits per heavy atom. The molecule has 2 fully saturated rings. The van der Waals surface area contributed by atoms with Crippen LogP contribution >= 0.6 is 0 Å². The third-order valence-corrected chi connectivity index (χ3v) is 7.66. The van der Waals surface area contributed by atoms with Gasteiger partial charge in [-0.1, -0.05) is 6.07 Å². The molecule has 2 saturated heterocycles. The zero-order chi connectivity index (χ0) is 30.5. The van der Waals surface area contributed by atoms with Crippen LogP contribution in [0.4, 0.5) is 5.69 Å². The van der Waals surface area contributed by atoms with E-state index in [2.05, 4.69) is 20.6 Å². The smallest absolute Gasteiger partial charge is 0.338 e. The van der Waals surface area contributed by atoms with Crippen molar-refractivity contribution in [2.75, 3.05) is 45.6 Å². The van der Waals surface area contributed by atoms with Crippen LogP contribution in [0.3, 0.4) is 0 Å². The summed E-state index contributed by atoms with van der Waals surface area (Å²) in [4.78, 5) is 77.5. The number of benzene rings is 1. The first kappa shape index (κ1) is 29.7. The normalized spacial score (nSPS) is 18.6. The molecular weight excluding hydrogens is 554 g/mol. The Morgan fingerprint density at radius 2 is 1.81 bits per heavy atom. The van der Waals surface area contributed by atoms with Crippen molar-refractivity contribution >= 4 is 41.2 Å². The van der Waals surface area contributed by atoms with E-state index in [1.54, 1.807) is 42.1 Å². The molecule has 0 spiro atoms. The van der Waals surface area contributed by atoms with Crippen molar-refractivity contribution in [1.82, 2.24) is 25.0 Å². The molecule has 1 aromatic heterocycles. The Labute approximate surface area is 249 Å². The zero-order valence-corrected chi connectivity index (χ0v) is 24.3. The van der Waals surface area contributed by atoms with Gasteiger partial charge >= 0.3 is 5.97 Å². The van der Waals surface area contributed by atoms with Crippen molar-refractivity contribution in [1.29, 1.82) is 0 Å². The third kappa shape index (κ3) is 6.99. The maximum atomic E-state index is 13.6. The number of amides is 4. The van der Waals surface area contributed by atoms with E-state index in [9.17, 15) is 24.0 Å². The maximum absolute atomic E-state index is 13.6. The highest BCUT2D eigenvalue weighted by Crippen LogP contribution is 2.24. The van der Waals surface area contributed by atoms with Crippen LogP contribution in [-0.2, 0) is 20.9 Å². The summed E-state index contributed by atoms with van der Waals surface area (Å²) in [6, 6.07) is 7.17. The summed E-state index contributed by atoms with van der Waals surface area (Å²) in [5.41, 5.74) is 1.97. The molecule has 0 aliphatic carbocycles. The molecule has 3 aliphatic heterocycles. The number of aliphatic imine (C=N–C) groups is 1. The first-order chi connectivity index (χ1) is 20.7. The number of fused-ring (bicyclic) bond motifs is 1. The number of hydrogen-bond acceptors (Lipinski definition) is 8. The van der Waals surface area contributed by atoms with Crippen molar-refractivity contribution in [3.8, 4) is 0 Å². The quantitative estimate of drug-likeness (QED) is 0.293. The van der Waals surface area contributed by atoms with Crippen LogP contribution in [0.1, 0.15) is 68.9 Å². The molecule has 0 radical (unpaired) electrons. The maximum Gasteiger partial charge on any atom is 0.338 e. The Kier molecular flexibility index (Phi) is 8.98. The van der Waals surface area contributed by atoms with Gasteiger partial charge in [-0.15, -0.1) is 0 Å². The third-order valence-electron chi connectivity index (χ3n) is 7.66. The molecule has 0 bridgehead atoms. The molecule has 1 atom stereocenters. The molecule has 3 aliphatic rings. The number of aromatic nitrogens is 1. The molecule has 2 aromatic rings. The number of cyclic esters (lactones) is 1. The number of nitrogens with one attached hydrogen (secondary N) is 2. The average Bonchev–Trinajstić information content (AvgIpc) is 3.64. The molecule has 2 N–H and O–H groups in total. The van der Waals surface area contributed by atoms with Crippen molar-refractivity contribution in [2.24, 2.45) is 4.99 Å². The summed E-state index contributed by atoms with van der Waals surface area (Å²) < 4.78 is 5.09. The van der Waals surface area contributed by atoms with E-state index >= 15 is 0 Å². The first-order valence-electron chi connectivity index (χ1n) is 14.4. The minimum Gasteiger partial charge on any atom is -0.457 e. The number of nitrogens with zero attached hydrogens (tertiary/aromatic N) is 5. The molecule has 1 aromatic carbocycles. The van der Waals surface area contributed by atoms with Crippen LogP contribution in [0.5, 0.6) is 0 Å². The van der Waals surface area contributed by atoms with Crippen LogP contribution in [-0.4, -0.2) is 102 Å². The van der Waals surface area contributed by atoms with Crippen molar-refractivity contribution in [2.45, 2.75) is 44.8 Å². The van der Waals surface area contributed by atoms with E-state index < -0.39 is 17.9 Å². The van der Waals surface area contributed by atoms with Gasteiger partial charge in [0.15, 0.2) is 0 Å². The largest absolute Gasteiger partial charge is 0.457 e. The molecule has 43 heavy (non-hydrogen) atoms. The fraction of sp³-hybridized carbons (Fsp3) is 0.433. The van der Waals surface area contributed by atoms with Crippen LogP contribution in [0.25, 0.3) is 0 Å². The summed E-state index contributed by atoms with van der Waals surface area (Å²) in [7, 11) is 3.21. The number of hydrogen-bond donors (Lipinski definition) is 2. The second-order valence-corrected chi connectivity index (χ2v) is 11.0. The van der Waals surface area contributed by atoms with E-state index in [0.29, 0.717) is 43.7 Å². The minimum atomic E-state index is -0.839. The lowest BCUT2D eigenvalue weighted by atomic mass is 10.1. The van der Waals surface area contributed by atoms with Gasteiger partial charge in [0.1, 0.15) is 18.3 Å². The highest BCUT2D eigenvalue weighted by atomic mass is 16.5. The number of ether oxygens (including phenoxy) is 1. The molecule has 4 heterocycles. The summed E-state index contributed by atoms with van der Waals surface area (Å²) in [5, 5.41) is 5.77. The van der Waals surface area contributed by atoms with Crippen LogP contribution < -0.4 is 10.6 Å². The Morgan fingerprint density at radius 3 is 2.53 bits per heavy atom. The Hall–Kier alpha value is -4.81. The second-order valence-electron chi connectivity index (χ2n) is 11.0. The second kappa shape index (κ2) is 13.0. The van der Waals surface area contributed by atoms with Gasteiger partial charge in [0.05, 0.1) is 17.7 Å².